The molecule has 96 valence electrons. The number of amides is 1. The number of carbonyl (C=O) groups excluding carboxylic acids is 1. The van der Waals surface area contributed by atoms with Crippen LogP contribution in [0, 0.1) is 0 Å². The van der Waals surface area contributed by atoms with Crippen molar-refractivity contribution in [3.05, 3.63) is 12.8 Å². The predicted molar refractivity (Wildman–Crippen MR) is 59.0 cm³/mol. The molecule has 0 aromatic rings. The quantitative estimate of drug-likeness (QED) is 0.405. The molecule has 16 heavy (non-hydrogen) atoms. The molecule has 0 radical (unpaired) electrons. The van der Waals surface area contributed by atoms with Gasteiger partial charge in [-0.05, 0) is 6.92 Å². The van der Waals surface area contributed by atoms with Gasteiger partial charge in [-0.3, -0.25) is 13.6 Å². The van der Waals surface area contributed by atoms with E-state index in [1.54, 1.807) is 6.92 Å². The van der Waals surface area contributed by atoms with Gasteiger partial charge in [-0.25, -0.2) is 9.36 Å². The third-order valence-corrected chi connectivity index (χ3v) is 2.84. The van der Waals surface area contributed by atoms with Crippen LogP contribution in [0.3, 0.4) is 0 Å². The molecule has 1 amide bonds. The second kappa shape index (κ2) is 8.29. The van der Waals surface area contributed by atoms with Gasteiger partial charge in [-0.15, -0.1) is 0 Å². The van der Waals surface area contributed by atoms with Gasteiger partial charge in [-0.1, -0.05) is 6.58 Å². The van der Waals surface area contributed by atoms with E-state index in [9.17, 15) is 9.36 Å². The fraction of sp³-hybridized carbons (Fsp3) is 0.625. The van der Waals surface area contributed by atoms with Gasteiger partial charge in [0.1, 0.15) is 0 Å². The lowest BCUT2D eigenvalue weighted by atomic mass is 10.7. The number of carbonyl (C=O) groups is 1. The number of hydrogen-bond acceptors (Lipinski definition) is 6. The van der Waals surface area contributed by atoms with Gasteiger partial charge in [0.05, 0.1) is 19.5 Å². The van der Waals surface area contributed by atoms with Crippen molar-refractivity contribution in [3.63, 3.8) is 0 Å². The zero-order chi connectivity index (χ0) is 12.4. The molecule has 0 aromatic heterocycles. The molecule has 1 atom stereocenters. The summed E-state index contributed by atoms with van der Waals surface area (Å²) >= 11 is 0. The first-order valence-corrected chi connectivity index (χ1v) is 6.04. The van der Waals surface area contributed by atoms with Crippen LogP contribution in [0.4, 0.5) is 4.79 Å². The molecule has 0 saturated heterocycles. The third-order valence-electron chi connectivity index (χ3n) is 1.32. The fourth-order valence-corrected chi connectivity index (χ4v) is 1.65. The first kappa shape index (κ1) is 15.1. The highest BCUT2D eigenvalue weighted by Crippen LogP contribution is 2.47. The van der Waals surface area contributed by atoms with Gasteiger partial charge in [-0.2, -0.15) is 0 Å². The third kappa shape index (κ3) is 6.58. The molecule has 0 rings (SSSR count). The highest BCUT2D eigenvalue weighted by Gasteiger charge is 2.23. The van der Waals surface area contributed by atoms with Crippen LogP contribution in [0.5, 0.6) is 0 Å². The fourth-order valence-electron chi connectivity index (χ4n) is 0.729. The maximum Gasteiger partial charge on any atom is 0.474 e. The van der Waals surface area contributed by atoms with Crippen LogP contribution in [0.25, 0.3) is 0 Å². The van der Waals surface area contributed by atoms with Crippen LogP contribution >= 0.6 is 7.82 Å². The summed E-state index contributed by atoms with van der Waals surface area (Å²) in [5, 5.41) is 2.33. The Morgan fingerprint density at radius 1 is 1.56 bits per heavy atom. The molecule has 0 aromatic carbocycles. The van der Waals surface area contributed by atoms with Gasteiger partial charge in [0, 0.05) is 15.1 Å². The Hall–Kier alpha value is -0.880. The van der Waals surface area contributed by atoms with Gasteiger partial charge < -0.3 is 10.1 Å². The number of phosphoric ester groups is 1. The first-order valence-electron chi connectivity index (χ1n) is 4.58. The van der Waals surface area contributed by atoms with Crippen molar-refractivity contribution in [1.82, 2.24) is 5.32 Å². The minimum atomic E-state index is -3.49. The first-order chi connectivity index (χ1) is 7.58. The minimum absolute atomic E-state index is 0. The second-order valence-corrected chi connectivity index (χ2v) is 4.16. The lowest BCUT2D eigenvalue weighted by molar-refractivity contribution is 0.134. The van der Waals surface area contributed by atoms with Crippen molar-refractivity contribution < 1.29 is 29.1 Å². The zero-order valence-electron chi connectivity index (χ0n) is 9.30. The molecule has 8 heteroatoms. The summed E-state index contributed by atoms with van der Waals surface area (Å²) in [5.41, 5.74) is 0. The lowest BCUT2D eigenvalue weighted by Gasteiger charge is -2.14. The average Bonchev–Trinajstić information content (AvgIpc) is 2.25. The Balaban J connectivity index is 0. The topological polar surface area (TPSA) is 83.1 Å². The van der Waals surface area contributed by atoms with E-state index >= 15 is 0 Å². The maximum absolute atomic E-state index is 11.5. The normalized spacial score (nSPS) is 13.9. The molecule has 0 aliphatic carbocycles. The van der Waals surface area contributed by atoms with Crippen molar-refractivity contribution in [2.24, 2.45) is 0 Å². The summed E-state index contributed by atoms with van der Waals surface area (Å²) in [6, 6.07) is 0. The van der Waals surface area contributed by atoms with Crippen molar-refractivity contribution in [2.45, 2.75) is 6.92 Å². The molecular weight excluding hydrogens is 237 g/mol. The summed E-state index contributed by atoms with van der Waals surface area (Å²) in [5.74, 6) is 0. The smallest absolute Gasteiger partial charge is 0.419 e. The number of nitrogens with one attached hydrogen (secondary N) is 1. The van der Waals surface area contributed by atoms with Crippen molar-refractivity contribution in [3.8, 4) is 0 Å². The van der Waals surface area contributed by atoms with E-state index in [1.807, 2.05) is 0 Å². The Morgan fingerprint density at radius 3 is 2.75 bits per heavy atom. The van der Waals surface area contributed by atoms with E-state index in [0.717, 1.165) is 6.26 Å². The summed E-state index contributed by atoms with van der Waals surface area (Å²) < 4.78 is 30.1. The van der Waals surface area contributed by atoms with E-state index in [-0.39, 0.29) is 21.2 Å². The highest BCUT2D eigenvalue weighted by molar-refractivity contribution is 7.48. The van der Waals surface area contributed by atoms with Gasteiger partial charge in [0.2, 0.25) is 0 Å². The van der Waals surface area contributed by atoms with Gasteiger partial charge >= 0.3 is 13.9 Å². The van der Waals surface area contributed by atoms with Crippen LogP contribution in [0.15, 0.2) is 12.8 Å². The van der Waals surface area contributed by atoms with Gasteiger partial charge in [0.25, 0.3) is 0 Å². The monoisotopic (exact) mass is 255 g/mol. The van der Waals surface area contributed by atoms with Crippen LogP contribution in [0.2, 0.25) is 0 Å². The van der Waals surface area contributed by atoms with Gasteiger partial charge in [0.15, 0.2) is 0 Å². The molecule has 1 unspecified atom stereocenters. The van der Waals surface area contributed by atoms with Crippen LogP contribution in [-0.2, 0) is 22.9 Å². The van der Waals surface area contributed by atoms with Crippen LogP contribution < -0.4 is 5.32 Å². The largest absolute Gasteiger partial charge is 0.474 e. The summed E-state index contributed by atoms with van der Waals surface area (Å²) in [7, 11) is -2.27. The molecular formula is C8H18NO6P. The van der Waals surface area contributed by atoms with Crippen molar-refractivity contribution >= 4 is 13.9 Å². The van der Waals surface area contributed by atoms with Crippen LogP contribution in [-0.4, -0.2) is 33.0 Å². The Bertz CT molecular complexity index is 275. The predicted octanol–water partition coefficient (Wildman–Crippen LogP) is 1.91. The number of alkyl carbamates (subject to hydrolysis) is 1. The van der Waals surface area contributed by atoms with Crippen molar-refractivity contribution in [2.75, 3.05) is 26.9 Å². The number of rotatable bonds is 8. The summed E-state index contributed by atoms with van der Waals surface area (Å²) in [6.45, 7) is 5.18. The maximum atomic E-state index is 11.5. The average molecular weight is 255 g/mol. The Labute approximate surface area is 95.8 Å². The summed E-state index contributed by atoms with van der Waals surface area (Å²) in [6.07, 6.45) is 0.332. The molecule has 0 heterocycles. The highest BCUT2D eigenvalue weighted by atomic mass is 31.2. The van der Waals surface area contributed by atoms with E-state index in [1.165, 1.54) is 7.11 Å². The minimum Gasteiger partial charge on any atom is -0.419 e. The molecule has 7 nitrogen and oxygen atoms in total. The second-order valence-electron chi connectivity index (χ2n) is 2.38. The SMILES string of the molecule is C=COC(=O)NCCOP(=O)(OC)OCC.[HH]. The van der Waals surface area contributed by atoms with E-state index < -0.39 is 13.9 Å². The molecule has 0 aliphatic rings. The van der Waals surface area contributed by atoms with E-state index in [0.29, 0.717) is 0 Å². The summed E-state index contributed by atoms with van der Waals surface area (Å²) in [4.78, 5) is 10.8. The van der Waals surface area contributed by atoms with Crippen LogP contribution in [0.1, 0.15) is 8.35 Å². The number of phosphoric acid groups is 1. The molecule has 0 saturated carbocycles. The Morgan fingerprint density at radius 2 is 2.25 bits per heavy atom. The molecule has 1 N–H and O–H groups in total. The van der Waals surface area contributed by atoms with E-state index in [2.05, 4.69) is 21.2 Å². The zero-order valence-corrected chi connectivity index (χ0v) is 10.2. The molecule has 0 fully saturated rings. The molecule has 0 aliphatic heterocycles. The standard InChI is InChI=1S/C8H16NO6P.H2/c1-4-13-8(10)9-6-7-15-16(11,12-3)14-5-2;/h4H,1,5-7H2,2-3H3,(H,9,10);1H. The van der Waals surface area contributed by atoms with Crippen molar-refractivity contribution in [1.29, 1.82) is 0 Å². The number of ether oxygens (including phenoxy) is 1. The molecule has 0 spiro atoms. The number of hydrogen-bond donors (Lipinski definition) is 1. The van der Waals surface area contributed by atoms with E-state index in [4.69, 9.17) is 9.05 Å². The molecule has 0 bridgehead atoms. The lowest BCUT2D eigenvalue weighted by Crippen LogP contribution is -2.26. The Kier molecular flexibility index (Phi) is 7.84.